The molecule has 64 valence electrons. The molecule has 1 aromatic rings. The summed E-state index contributed by atoms with van der Waals surface area (Å²) < 4.78 is 0. The fourth-order valence-electron chi connectivity index (χ4n) is 0.609. The minimum absolute atomic E-state index is 0.170. The summed E-state index contributed by atoms with van der Waals surface area (Å²) in [6.45, 7) is 1.80. The molecule has 12 heavy (non-hydrogen) atoms. The molecule has 0 unspecified atom stereocenters. The quantitative estimate of drug-likeness (QED) is 0.388. The Kier molecular flexibility index (Phi) is 2.87. The predicted molar refractivity (Wildman–Crippen MR) is 44.3 cm³/mol. The second kappa shape index (κ2) is 3.91. The first kappa shape index (κ1) is 8.79. The largest absolute Gasteiger partial charge is 0.398 e. The summed E-state index contributed by atoms with van der Waals surface area (Å²) in [6, 6.07) is 0. The Morgan fingerprint density at radius 1 is 1.67 bits per heavy atom. The number of nitrogens with zero attached hydrogens (tertiary/aromatic N) is 3. The molecule has 0 aliphatic carbocycles. The summed E-state index contributed by atoms with van der Waals surface area (Å²) in [6.07, 6.45) is 0.587. The summed E-state index contributed by atoms with van der Waals surface area (Å²) in [5.41, 5.74) is 0.170. The van der Waals surface area contributed by atoms with Crippen molar-refractivity contribution in [1.82, 2.24) is 10.2 Å². The number of hydrogen-bond donors (Lipinski definition) is 0. The minimum Gasteiger partial charge on any atom is -0.398 e. The van der Waals surface area contributed by atoms with Crippen LogP contribution in [0.1, 0.15) is 10.0 Å². The van der Waals surface area contributed by atoms with Gasteiger partial charge in [0.05, 0.1) is 0 Å². The standard InChI is InChI=1S/C6H7N3O2S/c1-4-7-8-6(12-4)5(3-10)9-11-2/h3H,1-2H3. The zero-order valence-electron chi connectivity index (χ0n) is 6.64. The van der Waals surface area contributed by atoms with Gasteiger partial charge in [0.1, 0.15) is 12.1 Å². The maximum Gasteiger partial charge on any atom is 0.180 e. The van der Waals surface area contributed by atoms with E-state index in [9.17, 15) is 4.79 Å². The molecule has 0 spiro atoms. The van der Waals surface area contributed by atoms with Crippen molar-refractivity contribution in [2.24, 2.45) is 5.16 Å². The lowest BCUT2D eigenvalue weighted by Gasteiger charge is -1.88. The van der Waals surface area contributed by atoms with Crippen LogP contribution in [0.2, 0.25) is 0 Å². The van der Waals surface area contributed by atoms with Crippen LogP contribution in [0.5, 0.6) is 0 Å². The normalized spacial score (nSPS) is 11.3. The molecule has 0 saturated heterocycles. The number of rotatable bonds is 3. The van der Waals surface area contributed by atoms with Crippen molar-refractivity contribution in [2.75, 3.05) is 7.11 Å². The van der Waals surface area contributed by atoms with Gasteiger partial charge in [-0.15, -0.1) is 10.2 Å². The highest BCUT2D eigenvalue weighted by Gasteiger charge is 2.08. The van der Waals surface area contributed by atoms with E-state index in [1.165, 1.54) is 18.4 Å². The topological polar surface area (TPSA) is 64.4 Å². The monoisotopic (exact) mass is 185 g/mol. The first-order valence-corrected chi connectivity index (χ1v) is 3.96. The molecular weight excluding hydrogens is 178 g/mol. The van der Waals surface area contributed by atoms with Crippen LogP contribution in [0.3, 0.4) is 0 Å². The molecule has 0 N–H and O–H groups in total. The van der Waals surface area contributed by atoms with Crippen LogP contribution in [0, 0.1) is 6.92 Å². The van der Waals surface area contributed by atoms with Gasteiger partial charge in [0.25, 0.3) is 0 Å². The van der Waals surface area contributed by atoms with Crippen LogP contribution in [-0.4, -0.2) is 29.3 Å². The van der Waals surface area contributed by atoms with Gasteiger partial charge in [-0.1, -0.05) is 16.5 Å². The van der Waals surface area contributed by atoms with Crippen LogP contribution in [-0.2, 0) is 9.63 Å². The molecule has 1 aromatic heterocycles. The van der Waals surface area contributed by atoms with E-state index in [4.69, 9.17) is 0 Å². The van der Waals surface area contributed by atoms with Gasteiger partial charge in [-0.05, 0) is 6.92 Å². The van der Waals surface area contributed by atoms with E-state index >= 15 is 0 Å². The van der Waals surface area contributed by atoms with Gasteiger partial charge in [0.15, 0.2) is 17.0 Å². The molecule has 0 aliphatic rings. The molecule has 0 fully saturated rings. The van der Waals surface area contributed by atoms with Gasteiger partial charge < -0.3 is 4.84 Å². The van der Waals surface area contributed by atoms with E-state index in [1.54, 1.807) is 6.92 Å². The number of aldehydes is 1. The average molecular weight is 185 g/mol. The van der Waals surface area contributed by atoms with Crippen molar-refractivity contribution < 1.29 is 9.63 Å². The number of carbonyl (C=O) groups is 1. The number of carbonyl (C=O) groups excluding carboxylic acids is 1. The van der Waals surface area contributed by atoms with Crippen LogP contribution >= 0.6 is 11.3 Å². The number of hydrogen-bond acceptors (Lipinski definition) is 6. The van der Waals surface area contributed by atoms with E-state index in [2.05, 4.69) is 20.2 Å². The molecule has 6 heteroatoms. The summed E-state index contributed by atoms with van der Waals surface area (Å²) in [5, 5.41) is 12.2. The minimum atomic E-state index is 0.170. The molecule has 0 aromatic carbocycles. The molecule has 1 rings (SSSR count). The van der Waals surface area contributed by atoms with E-state index in [-0.39, 0.29) is 5.71 Å². The molecule has 0 saturated carbocycles. The molecule has 0 radical (unpaired) electrons. The van der Waals surface area contributed by atoms with Gasteiger partial charge in [-0.2, -0.15) is 0 Å². The SMILES string of the molecule is CON=C(C=O)c1nnc(C)s1. The van der Waals surface area contributed by atoms with Crippen molar-refractivity contribution in [3.05, 3.63) is 10.0 Å². The summed E-state index contributed by atoms with van der Waals surface area (Å²) in [7, 11) is 1.37. The number of oxime groups is 1. The lowest BCUT2D eigenvalue weighted by atomic mass is 10.4. The highest BCUT2D eigenvalue weighted by atomic mass is 32.1. The smallest absolute Gasteiger partial charge is 0.180 e. The lowest BCUT2D eigenvalue weighted by molar-refractivity contribution is -0.102. The average Bonchev–Trinajstić information content (AvgIpc) is 2.47. The molecule has 0 atom stereocenters. The predicted octanol–water partition coefficient (Wildman–Crippen LogP) is 0.396. The Morgan fingerprint density at radius 3 is 2.83 bits per heavy atom. The third kappa shape index (κ3) is 1.85. The van der Waals surface area contributed by atoms with Crippen molar-refractivity contribution >= 4 is 23.3 Å². The molecule has 5 nitrogen and oxygen atoms in total. The van der Waals surface area contributed by atoms with E-state index in [0.29, 0.717) is 11.3 Å². The van der Waals surface area contributed by atoms with Gasteiger partial charge >= 0.3 is 0 Å². The molecule has 1 heterocycles. The van der Waals surface area contributed by atoms with Crippen molar-refractivity contribution in [2.45, 2.75) is 6.92 Å². The van der Waals surface area contributed by atoms with Gasteiger partial charge in [-0.25, -0.2) is 0 Å². The molecule has 0 aliphatic heterocycles. The van der Waals surface area contributed by atoms with E-state index < -0.39 is 0 Å². The van der Waals surface area contributed by atoms with Crippen molar-refractivity contribution in [1.29, 1.82) is 0 Å². The van der Waals surface area contributed by atoms with Gasteiger partial charge in [-0.3, -0.25) is 4.79 Å². The lowest BCUT2D eigenvalue weighted by Crippen LogP contribution is -2.02. The first-order chi connectivity index (χ1) is 5.77. The third-order valence-electron chi connectivity index (χ3n) is 1.05. The summed E-state index contributed by atoms with van der Waals surface area (Å²) in [5.74, 6) is 0. The van der Waals surface area contributed by atoms with Crippen LogP contribution in [0.4, 0.5) is 0 Å². The Balaban J connectivity index is 2.94. The maximum absolute atomic E-state index is 10.4. The molecule has 0 bridgehead atoms. The zero-order chi connectivity index (χ0) is 8.97. The van der Waals surface area contributed by atoms with Crippen LogP contribution in [0.25, 0.3) is 0 Å². The Morgan fingerprint density at radius 2 is 2.42 bits per heavy atom. The zero-order valence-corrected chi connectivity index (χ0v) is 7.46. The van der Waals surface area contributed by atoms with Crippen molar-refractivity contribution in [3.63, 3.8) is 0 Å². The fraction of sp³-hybridized carbons (Fsp3) is 0.333. The maximum atomic E-state index is 10.4. The number of aromatic nitrogens is 2. The summed E-state index contributed by atoms with van der Waals surface area (Å²) >= 11 is 1.30. The van der Waals surface area contributed by atoms with Crippen LogP contribution < -0.4 is 0 Å². The Hall–Kier alpha value is -1.30. The van der Waals surface area contributed by atoms with Crippen LogP contribution in [0.15, 0.2) is 5.16 Å². The third-order valence-corrected chi connectivity index (χ3v) is 1.91. The summed E-state index contributed by atoms with van der Waals surface area (Å²) in [4.78, 5) is 14.9. The second-order valence-corrected chi connectivity index (χ2v) is 3.08. The van der Waals surface area contributed by atoms with Crippen molar-refractivity contribution in [3.8, 4) is 0 Å². The fourth-order valence-corrected chi connectivity index (χ4v) is 1.24. The molecule has 0 amide bonds. The Labute approximate surface area is 73.1 Å². The van der Waals surface area contributed by atoms with E-state index in [1.807, 2.05) is 0 Å². The first-order valence-electron chi connectivity index (χ1n) is 3.14. The highest BCUT2D eigenvalue weighted by Crippen LogP contribution is 2.08. The van der Waals surface area contributed by atoms with E-state index in [0.717, 1.165) is 5.01 Å². The number of aryl methyl sites for hydroxylation is 1. The molecular formula is C6H7N3O2S. The Bertz CT molecular complexity index is 307. The van der Waals surface area contributed by atoms with Gasteiger partial charge in [0, 0.05) is 0 Å². The van der Waals surface area contributed by atoms with Gasteiger partial charge in [0.2, 0.25) is 0 Å². The second-order valence-electron chi connectivity index (χ2n) is 1.90. The highest BCUT2D eigenvalue weighted by molar-refractivity contribution is 7.13.